The molecule has 0 spiro atoms. The smallest absolute Gasteiger partial charge is 0.303 e. The zero-order valence-corrected chi connectivity index (χ0v) is 11.3. The number of carbonyl (C=O) groups is 1. The molecule has 0 saturated carbocycles. The quantitative estimate of drug-likeness (QED) is 0.912. The van der Waals surface area contributed by atoms with E-state index in [1.807, 2.05) is 12.1 Å². The van der Waals surface area contributed by atoms with Gasteiger partial charge in [-0.1, -0.05) is 17.7 Å². The van der Waals surface area contributed by atoms with Gasteiger partial charge in [-0.05, 0) is 49.1 Å². The van der Waals surface area contributed by atoms with Gasteiger partial charge in [-0.2, -0.15) is 0 Å². The van der Waals surface area contributed by atoms with Crippen molar-refractivity contribution in [1.82, 2.24) is 4.90 Å². The van der Waals surface area contributed by atoms with E-state index in [1.165, 1.54) is 11.1 Å². The molecule has 0 bridgehead atoms. The summed E-state index contributed by atoms with van der Waals surface area (Å²) >= 11 is 5.94. The predicted octanol–water partition coefficient (Wildman–Crippen LogP) is 2.95. The lowest BCUT2D eigenvalue weighted by Crippen LogP contribution is -2.21. The van der Waals surface area contributed by atoms with Gasteiger partial charge in [0, 0.05) is 24.5 Å². The molecule has 0 aromatic heterocycles. The van der Waals surface area contributed by atoms with Crippen LogP contribution in [-0.4, -0.2) is 29.1 Å². The van der Waals surface area contributed by atoms with Crippen LogP contribution in [0, 0.1) is 12.8 Å². The molecule has 1 unspecified atom stereocenters. The van der Waals surface area contributed by atoms with E-state index >= 15 is 0 Å². The van der Waals surface area contributed by atoms with Crippen LogP contribution in [0.15, 0.2) is 18.2 Å². The van der Waals surface area contributed by atoms with Crippen LogP contribution >= 0.6 is 11.6 Å². The molecule has 1 N–H and O–H groups in total. The Morgan fingerprint density at radius 1 is 1.56 bits per heavy atom. The highest BCUT2D eigenvalue weighted by molar-refractivity contribution is 6.30. The summed E-state index contributed by atoms with van der Waals surface area (Å²) in [6, 6.07) is 5.94. The van der Waals surface area contributed by atoms with E-state index < -0.39 is 5.97 Å². The van der Waals surface area contributed by atoms with E-state index in [9.17, 15) is 4.79 Å². The number of carboxylic acids is 1. The van der Waals surface area contributed by atoms with Crippen LogP contribution in [0.3, 0.4) is 0 Å². The van der Waals surface area contributed by atoms with E-state index in [0.717, 1.165) is 31.1 Å². The Kier molecular flexibility index (Phi) is 4.25. The van der Waals surface area contributed by atoms with Crippen molar-refractivity contribution in [2.45, 2.75) is 26.3 Å². The molecule has 0 radical (unpaired) electrons. The molecule has 1 fully saturated rings. The van der Waals surface area contributed by atoms with E-state index in [0.29, 0.717) is 5.92 Å². The first kappa shape index (κ1) is 13.4. The van der Waals surface area contributed by atoms with Gasteiger partial charge in [0.25, 0.3) is 0 Å². The number of nitrogens with zero attached hydrogens (tertiary/aromatic N) is 1. The van der Waals surface area contributed by atoms with Crippen molar-refractivity contribution in [2.24, 2.45) is 5.92 Å². The van der Waals surface area contributed by atoms with E-state index in [2.05, 4.69) is 17.9 Å². The van der Waals surface area contributed by atoms with Gasteiger partial charge in [0.15, 0.2) is 0 Å². The summed E-state index contributed by atoms with van der Waals surface area (Å²) in [5, 5.41) is 9.56. The largest absolute Gasteiger partial charge is 0.481 e. The van der Waals surface area contributed by atoms with E-state index in [-0.39, 0.29) is 6.42 Å². The summed E-state index contributed by atoms with van der Waals surface area (Å²) in [4.78, 5) is 13.0. The van der Waals surface area contributed by atoms with E-state index in [4.69, 9.17) is 16.7 Å². The molecule has 4 heteroatoms. The Balaban J connectivity index is 1.93. The Hall–Kier alpha value is -1.06. The van der Waals surface area contributed by atoms with E-state index in [1.54, 1.807) is 0 Å². The zero-order chi connectivity index (χ0) is 13.1. The third-order valence-corrected chi connectivity index (χ3v) is 3.77. The minimum Gasteiger partial charge on any atom is -0.481 e. The van der Waals surface area contributed by atoms with Gasteiger partial charge in [-0.15, -0.1) is 0 Å². The molecular formula is C14H18ClNO2. The molecule has 1 saturated heterocycles. The standard InChI is InChI=1S/C14H18ClNO2/c1-10-6-13(15)3-2-12(10)9-16-5-4-11(8-16)7-14(17)18/h2-3,6,11H,4-5,7-9H2,1H3,(H,17,18). The topological polar surface area (TPSA) is 40.5 Å². The van der Waals surface area contributed by atoms with Crippen molar-refractivity contribution in [3.8, 4) is 0 Å². The van der Waals surface area contributed by atoms with Crippen LogP contribution in [0.1, 0.15) is 24.0 Å². The molecule has 0 aliphatic carbocycles. The maximum absolute atomic E-state index is 10.7. The normalized spacial score (nSPS) is 20.2. The van der Waals surface area contributed by atoms with Crippen LogP contribution in [0.5, 0.6) is 0 Å². The van der Waals surface area contributed by atoms with Crippen molar-refractivity contribution in [1.29, 1.82) is 0 Å². The molecule has 0 amide bonds. The molecule has 98 valence electrons. The third-order valence-electron chi connectivity index (χ3n) is 3.53. The number of benzene rings is 1. The number of carboxylic acid groups (broad SMARTS) is 1. The molecule has 1 aromatic rings. The lowest BCUT2D eigenvalue weighted by Gasteiger charge is -2.17. The highest BCUT2D eigenvalue weighted by Crippen LogP contribution is 2.23. The number of hydrogen-bond acceptors (Lipinski definition) is 2. The minimum absolute atomic E-state index is 0.288. The van der Waals surface area contributed by atoms with Gasteiger partial charge in [0.1, 0.15) is 0 Å². The highest BCUT2D eigenvalue weighted by Gasteiger charge is 2.24. The summed E-state index contributed by atoms with van der Waals surface area (Å²) in [6.45, 7) is 4.82. The van der Waals surface area contributed by atoms with Crippen LogP contribution in [0.4, 0.5) is 0 Å². The second kappa shape index (κ2) is 5.72. The molecular weight excluding hydrogens is 250 g/mol. The van der Waals surface area contributed by atoms with Gasteiger partial charge in [-0.3, -0.25) is 9.69 Å². The molecule has 1 aromatic carbocycles. The van der Waals surface area contributed by atoms with Gasteiger partial charge in [0.05, 0.1) is 0 Å². The second-order valence-electron chi connectivity index (χ2n) is 5.06. The Morgan fingerprint density at radius 2 is 2.33 bits per heavy atom. The fourth-order valence-corrected chi connectivity index (χ4v) is 2.77. The molecule has 18 heavy (non-hydrogen) atoms. The lowest BCUT2D eigenvalue weighted by molar-refractivity contribution is -0.138. The number of halogens is 1. The first-order valence-electron chi connectivity index (χ1n) is 6.24. The van der Waals surface area contributed by atoms with Crippen LogP contribution in [-0.2, 0) is 11.3 Å². The Morgan fingerprint density at radius 3 is 3.00 bits per heavy atom. The first-order valence-corrected chi connectivity index (χ1v) is 6.61. The van der Waals surface area contributed by atoms with Crippen molar-refractivity contribution < 1.29 is 9.90 Å². The highest BCUT2D eigenvalue weighted by atomic mass is 35.5. The Labute approximate surface area is 112 Å². The first-order chi connectivity index (χ1) is 8.54. The maximum atomic E-state index is 10.7. The second-order valence-corrected chi connectivity index (χ2v) is 5.49. The predicted molar refractivity (Wildman–Crippen MR) is 71.8 cm³/mol. The number of aliphatic carboxylic acids is 1. The van der Waals surface area contributed by atoms with Crippen LogP contribution < -0.4 is 0 Å². The average Bonchev–Trinajstić information content (AvgIpc) is 2.69. The van der Waals surface area contributed by atoms with Crippen LogP contribution in [0.2, 0.25) is 5.02 Å². The molecule has 1 heterocycles. The molecule has 1 atom stereocenters. The van der Waals surface area contributed by atoms with Gasteiger partial charge >= 0.3 is 5.97 Å². The fourth-order valence-electron chi connectivity index (χ4n) is 2.55. The van der Waals surface area contributed by atoms with Gasteiger partial charge < -0.3 is 5.11 Å². The Bertz CT molecular complexity index is 447. The summed E-state index contributed by atoms with van der Waals surface area (Å²) in [6.07, 6.45) is 1.27. The summed E-state index contributed by atoms with van der Waals surface area (Å²) in [5.41, 5.74) is 2.47. The third kappa shape index (κ3) is 3.47. The number of likely N-dealkylation sites (tertiary alicyclic amines) is 1. The average molecular weight is 268 g/mol. The minimum atomic E-state index is -0.690. The summed E-state index contributed by atoms with van der Waals surface area (Å²) in [7, 11) is 0. The van der Waals surface area contributed by atoms with Crippen molar-refractivity contribution >= 4 is 17.6 Å². The SMILES string of the molecule is Cc1cc(Cl)ccc1CN1CCC(CC(=O)O)C1. The molecule has 1 aliphatic heterocycles. The molecule has 1 aliphatic rings. The van der Waals surface area contributed by atoms with Crippen molar-refractivity contribution in [2.75, 3.05) is 13.1 Å². The maximum Gasteiger partial charge on any atom is 0.303 e. The van der Waals surface area contributed by atoms with Crippen molar-refractivity contribution in [3.63, 3.8) is 0 Å². The summed E-state index contributed by atoms with van der Waals surface area (Å²) < 4.78 is 0. The van der Waals surface area contributed by atoms with Crippen LogP contribution in [0.25, 0.3) is 0 Å². The lowest BCUT2D eigenvalue weighted by atomic mass is 10.1. The fraction of sp³-hybridized carbons (Fsp3) is 0.500. The van der Waals surface area contributed by atoms with Gasteiger partial charge in [-0.25, -0.2) is 0 Å². The number of aryl methyl sites for hydroxylation is 1. The monoisotopic (exact) mass is 267 g/mol. The zero-order valence-electron chi connectivity index (χ0n) is 10.5. The molecule has 2 rings (SSSR count). The van der Waals surface area contributed by atoms with Crippen molar-refractivity contribution in [3.05, 3.63) is 34.3 Å². The number of rotatable bonds is 4. The molecule has 3 nitrogen and oxygen atoms in total. The summed E-state index contributed by atoms with van der Waals surface area (Å²) in [5.74, 6) is -0.389. The number of hydrogen-bond donors (Lipinski definition) is 1. The van der Waals surface area contributed by atoms with Gasteiger partial charge in [0.2, 0.25) is 0 Å².